The standard InChI is InChI=1S/C26H25N3O3/c1-26(2)12-17(11-18(13-26)19(14-27)15-28)7-8-21-24(23-16-29-9-10-31-23)20-5-3-4-6-22(20)32-25(21)30/h3-8,11,23,29H,9-10,12-13,16H2,1-2H3. The van der Waals surface area contributed by atoms with Crippen LogP contribution in [-0.2, 0) is 4.74 Å². The van der Waals surface area contributed by atoms with Crippen LogP contribution in [0.3, 0.4) is 0 Å². The third kappa shape index (κ3) is 4.43. The molecule has 1 aromatic heterocycles. The summed E-state index contributed by atoms with van der Waals surface area (Å²) in [6, 6.07) is 11.5. The van der Waals surface area contributed by atoms with Gasteiger partial charge in [0.2, 0.25) is 0 Å². The van der Waals surface area contributed by atoms with Gasteiger partial charge in [-0.3, -0.25) is 0 Å². The molecule has 0 amide bonds. The summed E-state index contributed by atoms with van der Waals surface area (Å²) in [4.78, 5) is 13.0. The van der Waals surface area contributed by atoms with Crippen LogP contribution in [0.5, 0.6) is 0 Å². The Morgan fingerprint density at radius 1 is 1.19 bits per heavy atom. The molecule has 1 atom stereocenters. The second-order valence-electron chi connectivity index (χ2n) is 8.97. The number of benzene rings is 1. The van der Waals surface area contributed by atoms with E-state index in [1.807, 2.05) is 42.5 Å². The first-order valence-electron chi connectivity index (χ1n) is 10.7. The molecule has 2 aromatic rings. The average Bonchev–Trinajstić information content (AvgIpc) is 2.78. The molecule has 1 fully saturated rings. The van der Waals surface area contributed by atoms with Gasteiger partial charge in [0.1, 0.15) is 23.3 Å². The minimum Gasteiger partial charge on any atom is -0.422 e. The summed E-state index contributed by atoms with van der Waals surface area (Å²) in [5.74, 6) is 0. The van der Waals surface area contributed by atoms with E-state index in [2.05, 4.69) is 19.2 Å². The number of hydrogen-bond acceptors (Lipinski definition) is 6. The van der Waals surface area contributed by atoms with Gasteiger partial charge in [0, 0.05) is 24.0 Å². The fourth-order valence-corrected chi connectivity index (χ4v) is 4.53. The molecule has 1 aliphatic carbocycles. The predicted molar refractivity (Wildman–Crippen MR) is 122 cm³/mol. The van der Waals surface area contributed by atoms with E-state index < -0.39 is 5.63 Å². The van der Waals surface area contributed by atoms with Crippen molar-refractivity contribution < 1.29 is 9.15 Å². The minimum atomic E-state index is -0.412. The van der Waals surface area contributed by atoms with Gasteiger partial charge < -0.3 is 14.5 Å². The molecule has 6 nitrogen and oxygen atoms in total. The number of allylic oxidation sites excluding steroid dienone is 5. The largest absolute Gasteiger partial charge is 0.422 e. The van der Waals surface area contributed by atoms with Crippen LogP contribution in [0.15, 0.2) is 62.3 Å². The van der Waals surface area contributed by atoms with Gasteiger partial charge >= 0.3 is 5.63 Å². The van der Waals surface area contributed by atoms with Crippen molar-refractivity contribution in [1.82, 2.24) is 5.32 Å². The molecule has 0 radical (unpaired) electrons. The number of nitriles is 2. The van der Waals surface area contributed by atoms with Gasteiger partial charge in [0.15, 0.2) is 0 Å². The SMILES string of the molecule is CC1(C)CC(C=Cc2c(C3CNCCO3)c3ccccc3oc2=O)=CC(=C(C#N)C#N)C1. The highest BCUT2D eigenvalue weighted by molar-refractivity contribution is 5.84. The number of fused-ring (bicyclic) bond motifs is 1. The van der Waals surface area contributed by atoms with Gasteiger partial charge in [-0.25, -0.2) is 4.79 Å². The molecule has 2 heterocycles. The molecule has 1 saturated heterocycles. The lowest BCUT2D eigenvalue weighted by atomic mass is 9.74. The number of rotatable bonds is 3. The summed E-state index contributed by atoms with van der Waals surface area (Å²) in [5, 5.41) is 22.8. The van der Waals surface area contributed by atoms with Crippen LogP contribution >= 0.6 is 0 Å². The number of ether oxygens (including phenoxy) is 1. The van der Waals surface area contributed by atoms with Gasteiger partial charge in [-0.05, 0) is 41.5 Å². The molecule has 1 unspecified atom stereocenters. The zero-order valence-electron chi connectivity index (χ0n) is 18.3. The van der Waals surface area contributed by atoms with E-state index in [9.17, 15) is 15.3 Å². The summed E-state index contributed by atoms with van der Waals surface area (Å²) >= 11 is 0. The van der Waals surface area contributed by atoms with Crippen molar-refractivity contribution in [3.05, 3.63) is 74.7 Å². The summed E-state index contributed by atoms with van der Waals surface area (Å²) in [7, 11) is 0. The van der Waals surface area contributed by atoms with Crippen molar-refractivity contribution >= 4 is 17.0 Å². The summed E-state index contributed by atoms with van der Waals surface area (Å²) < 4.78 is 11.6. The van der Waals surface area contributed by atoms with Gasteiger partial charge in [-0.1, -0.05) is 44.2 Å². The third-order valence-corrected chi connectivity index (χ3v) is 5.86. The zero-order valence-corrected chi connectivity index (χ0v) is 18.3. The number of para-hydroxylation sites is 1. The van der Waals surface area contributed by atoms with E-state index >= 15 is 0 Å². The van der Waals surface area contributed by atoms with E-state index in [0.717, 1.165) is 35.1 Å². The molecule has 32 heavy (non-hydrogen) atoms. The Balaban J connectivity index is 1.83. The number of morpholine rings is 1. The number of nitrogens with one attached hydrogen (secondary N) is 1. The molecule has 1 aliphatic heterocycles. The van der Waals surface area contributed by atoms with Crippen molar-refractivity contribution in [2.24, 2.45) is 5.41 Å². The Hall–Kier alpha value is -3.45. The fourth-order valence-electron chi connectivity index (χ4n) is 4.53. The Morgan fingerprint density at radius 3 is 2.69 bits per heavy atom. The molecule has 0 bridgehead atoms. The molecular formula is C26H25N3O3. The summed E-state index contributed by atoms with van der Waals surface area (Å²) in [5.41, 5.74) is 3.14. The van der Waals surface area contributed by atoms with E-state index in [1.165, 1.54) is 0 Å². The Labute approximate surface area is 187 Å². The van der Waals surface area contributed by atoms with Crippen LogP contribution in [0.25, 0.3) is 17.0 Å². The van der Waals surface area contributed by atoms with Gasteiger partial charge in [0.25, 0.3) is 0 Å². The van der Waals surface area contributed by atoms with E-state index in [0.29, 0.717) is 30.7 Å². The monoisotopic (exact) mass is 427 g/mol. The summed E-state index contributed by atoms with van der Waals surface area (Å²) in [6.45, 7) is 6.18. The molecule has 6 heteroatoms. The number of nitrogens with zero attached hydrogens (tertiary/aromatic N) is 2. The summed E-state index contributed by atoms with van der Waals surface area (Å²) in [6.07, 6.45) is 6.75. The maximum atomic E-state index is 13.0. The molecule has 162 valence electrons. The lowest BCUT2D eigenvalue weighted by molar-refractivity contribution is 0.0282. The molecule has 1 aromatic carbocycles. The molecule has 2 aliphatic rings. The van der Waals surface area contributed by atoms with Crippen LogP contribution in [0.4, 0.5) is 0 Å². The van der Waals surface area contributed by atoms with Crippen LogP contribution in [-0.4, -0.2) is 19.7 Å². The van der Waals surface area contributed by atoms with E-state index in [4.69, 9.17) is 9.15 Å². The second-order valence-corrected chi connectivity index (χ2v) is 8.97. The zero-order chi connectivity index (χ0) is 22.7. The Morgan fingerprint density at radius 2 is 1.97 bits per heavy atom. The fraction of sp³-hybridized carbons (Fsp3) is 0.346. The van der Waals surface area contributed by atoms with Crippen molar-refractivity contribution in [3.63, 3.8) is 0 Å². The van der Waals surface area contributed by atoms with Gasteiger partial charge in [-0.2, -0.15) is 10.5 Å². The first-order chi connectivity index (χ1) is 15.4. The third-order valence-electron chi connectivity index (χ3n) is 5.86. The van der Waals surface area contributed by atoms with Crippen LogP contribution < -0.4 is 10.9 Å². The Kier molecular flexibility index (Phi) is 6.10. The second kappa shape index (κ2) is 8.96. The van der Waals surface area contributed by atoms with Crippen LogP contribution in [0, 0.1) is 28.1 Å². The molecular weight excluding hydrogens is 402 g/mol. The first-order valence-corrected chi connectivity index (χ1v) is 10.7. The van der Waals surface area contributed by atoms with E-state index in [-0.39, 0.29) is 17.1 Å². The van der Waals surface area contributed by atoms with Crippen molar-refractivity contribution in [2.45, 2.75) is 32.8 Å². The smallest absolute Gasteiger partial charge is 0.343 e. The van der Waals surface area contributed by atoms with E-state index in [1.54, 1.807) is 12.1 Å². The van der Waals surface area contributed by atoms with Crippen LogP contribution in [0.2, 0.25) is 0 Å². The highest BCUT2D eigenvalue weighted by Crippen LogP contribution is 2.40. The van der Waals surface area contributed by atoms with Crippen molar-refractivity contribution in [3.8, 4) is 12.1 Å². The molecule has 0 saturated carbocycles. The predicted octanol–water partition coefficient (Wildman–Crippen LogP) is 4.56. The maximum Gasteiger partial charge on any atom is 0.343 e. The minimum absolute atomic E-state index is 0.101. The maximum absolute atomic E-state index is 13.0. The van der Waals surface area contributed by atoms with Crippen molar-refractivity contribution in [1.29, 1.82) is 10.5 Å². The highest BCUT2D eigenvalue weighted by Gasteiger charge is 2.27. The average molecular weight is 428 g/mol. The normalized spacial score (nSPS) is 20.6. The Bertz CT molecular complexity index is 1260. The molecule has 1 N–H and O–H groups in total. The number of hydrogen-bond donors (Lipinski definition) is 1. The van der Waals surface area contributed by atoms with Gasteiger partial charge in [-0.15, -0.1) is 0 Å². The van der Waals surface area contributed by atoms with Crippen molar-refractivity contribution in [2.75, 3.05) is 19.7 Å². The van der Waals surface area contributed by atoms with Crippen LogP contribution in [0.1, 0.15) is 43.9 Å². The molecule has 4 rings (SSSR count). The lowest BCUT2D eigenvalue weighted by Gasteiger charge is -2.30. The quantitative estimate of drug-likeness (QED) is 0.570. The highest BCUT2D eigenvalue weighted by atomic mass is 16.5. The first kappa shape index (κ1) is 21.8. The molecule has 0 spiro atoms. The lowest BCUT2D eigenvalue weighted by Crippen LogP contribution is -2.34. The van der Waals surface area contributed by atoms with Gasteiger partial charge in [0.05, 0.1) is 18.3 Å². The topological polar surface area (TPSA) is 99.0 Å².